The standard InChI is InChI=1S/C18H36O2/c1-5-7-9-11-13-18(14-12-10-8-6-2)19-15-17(20-18)16(3)4/h16-17H,5-15H2,1-4H3. The van der Waals surface area contributed by atoms with E-state index in [0.29, 0.717) is 12.0 Å². The van der Waals surface area contributed by atoms with Gasteiger partial charge in [-0.15, -0.1) is 0 Å². The van der Waals surface area contributed by atoms with Crippen molar-refractivity contribution in [2.75, 3.05) is 6.61 Å². The molecule has 0 aromatic heterocycles. The third kappa shape index (κ3) is 6.13. The van der Waals surface area contributed by atoms with Crippen LogP contribution in [0.5, 0.6) is 0 Å². The summed E-state index contributed by atoms with van der Waals surface area (Å²) in [5.41, 5.74) is 0. The van der Waals surface area contributed by atoms with Gasteiger partial charge in [-0.25, -0.2) is 0 Å². The Hall–Kier alpha value is -0.0800. The Morgan fingerprint density at radius 3 is 1.85 bits per heavy atom. The molecule has 0 radical (unpaired) electrons. The number of rotatable bonds is 11. The molecule has 120 valence electrons. The Labute approximate surface area is 126 Å². The molecule has 0 aromatic carbocycles. The molecule has 0 saturated carbocycles. The van der Waals surface area contributed by atoms with Crippen LogP contribution in [0.1, 0.15) is 91.9 Å². The van der Waals surface area contributed by atoms with Gasteiger partial charge in [-0.2, -0.15) is 0 Å². The normalized spacial score (nSPS) is 21.8. The van der Waals surface area contributed by atoms with Crippen LogP contribution in [0.3, 0.4) is 0 Å². The average molecular weight is 284 g/mol. The van der Waals surface area contributed by atoms with E-state index in [1.165, 1.54) is 51.4 Å². The average Bonchev–Trinajstić information content (AvgIpc) is 2.85. The fourth-order valence-corrected chi connectivity index (χ4v) is 2.94. The number of hydrogen-bond donors (Lipinski definition) is 0. The summed E-state index contributed by atoms with van der Waals surface area (Å²) in [6.45, 7) is 9.78. The van der Waals surface area contributed by atoms with E-state index in [2.05, 4.69) is 27.7 Å². The van der Waals surface area contributed by atoms with Gasteiger partial charge in [0.05, 0.1) is 12.7 Å². The molecule has 2 nitrogen and oxygen atoms in total. The lowest BCUT2D eigenvalue weighted by Crippen LogP contribution is -2.32. The maximum atomic E-state index is 6.35. The van der Waals surface area contributed by atoms with Crippen molar-refractivity contribution in [1.29, 1.82) is 0 Å². The van der Waals surface area contributed by atoms with Crippen LogP contribution in [-0.2, 0) is 9.47 Å². The van der Waals surface area contributed by atoms with Crippen LogP contribution < -0.4 is 0 Å². The van der Waals surface area contributed by atoms with Crippen LogP contribution in [0.2, 0.25) is 0 Å². The van der Waals surface area contributed by atoms with Gasteiger partial charge in [0.25, 0.3) is 0 Å². The Balaban J connectivity index is 2.42. The van der Waals surface area contributed by atoms with E-state index in [1.807, 2.05) is 0 Å². The van der Waals surface area contributed by atoms with Crippen molar-refractivity contribution in [3.63, 3.8) is 0 Å². The summed E-state index contributed by atoms with van der Waals surface area (Å²) < 4.78 is 12.5. The highest BCUT2D eigenvalue weighted by atomic mass is 16.7. The van der Waals surface area contributed by atoms with Gasteiger partial charge >= 0.3 is 0 Å². The summed E-state index contributed by atoms with van der Waals surface area (Å²) >= 11 is 0. The second kappa shape index (κ2) is 9.78. The summed E-state index contributed by atoms with van der Waals surface area (Å²) in [5.74, 6) is 0.305. The number of unbranched alkanes of at least 4 members (excludes halogenated alkanes) is 6. The molecule has 0 aromatic rings. The van der Waals surface area contributed by atoms with Crippen LogP contribution >= 0.6 is 0 Å². The molecule has 20 heavy (non-hydrogen) atoms. The van der Waals surface area contributed by atoms with E-state index in [4.69, 9.17) is 9.47 Å². The molecule has 0 spiro atoms. The van der Waals surface area contributed by atoms with E-state index in [0.717, 1.165) is 19.4 Å². The second-order valence-corrected chi connectivity index (χ2v) is 6.74. The van der Waals surface area contributed by atoms with E-state index < -0.39 is 0 Å². The molecule has 1 fully saturated rings. The predicted octanol–water partition coefficient (Wildman–Crippen LogP) is 5.69. The van der Waals surface area contributed by atoms with Gasteiger partial charge in [-0.1, -0.05) is 66.2 Å². The Morgan fingerprint density at radius 1 is 0.900 bits per heavy atom. The molecule has 1 unspecified atom stereocenters. The summed E-state index contributed by atoms with van der Waals surface area (Å²) in [6, 6.07) is 0. The van der Waals surface area contributed by atoms with Crippen molar-refractivity contribution in [3.05, 3.63) is 0 Å². The van der Waals surface area contributed by atoms with Crippen molar-refractivity contribution >= 4 is 0 Å². The first-order valence-electron chi connectivity index (χ1n) is 8.95. The fourth-order valence-electron chi connectivity index (χ4n) is 2.94. The number of hydrogen-bond acceptors (Lipinski definition) is 2. The molecule has 1 atom stereocenters. The van der Waals surface area contributed by atoms with E-state index in [9.17, 15) is 0 Å². The lowest BCUT2D eigenvalue weighted by molar-refractivity contribution is -0.183. The zero-order chi connectivity index (χ0) is 14.8. The van der Waals surface area contributed by atoms with E-state index >= 15 is 0 Å². The molecule has 0 aliphatic carbocycles. The van der Waals surface area contributed by atoms with Gasteiger partial charge < -0.3 is 9.47 Å². The Kier molecular flexibility index (Phi) is 8.79. The Bertz CT molecular complexity index is 226. The van der Waals surface area contributed by atoms with E-state index in [-0.39, 0.29) is 5.79 Å². The Morgan fingerprint density at radius 2 is 1.45 bits per heavy atom. The first-order chi connectivity index (χ1) is 9.63. The SMILES string of the molecule is CCCCCCC1(CCCCCC)OCC(C(C)C)O1. The highest BCUT2D eigenvalue weighted by Crippen LogP contribution is 2.36. The zero-order valence-electron chi connectivity index (χ0n) is 14.2. The maximum absolute atomic E-state index is 6.35. The van der Waals surface area contributed by atoms with Gasteiger partial charge in [-0.3, -0.25) is 0 Å². The first kappa shape index (κ1) is 18.0. The molecule has 2 heteroatoms. The summed E-state index contributed by atoms with van der Waals surface area (Å²) in [4.78, 5) is 0. The van der Waals surface area contributed by atoms with Gasteiger partial charge in [0.2, 0.25) is 0 Å². The van der Waals surface area contributed by atoms with Gasteiger partial charge in [0.1, 0.15) is 0 Å². The summed E-state index contributed by atoms with van der Waals surface area (Å²) in [5, 5.41) is 0. The van der Waals surface area contributed by atoms with Crippen LogP contribution in [0.4, 0.5) is 0 Å². The lowest BCUT2D eigenvalue weighted by atomic mass is 9.99. The molecule has 0 amide bonds. The highest BCUT2D eigenvalue weighted by Gasteiger charge is 2.41. The van der Waals surface area contributed by atoms with Crippen LogP contribution in [-0.4, -0.2) is 18.5 Å². The predicted molar refractivity (Wildman–Crippen MR) is 85.9 cm³/mol. The van der Waals surface area contributed by atoms with Crippen molar-refractivity contribution in [3.8, 4) is 0 Å². The quantitative estimate of drug-likeness (QED) is 0.453. The van der Waals surface area contributed by atoms with Crippen LogP contribution in [0.15, 0.2) is 0 Å². The molecule has 1 aliphatic rings. The molecule has 1 aliphatic heterocycles. The van der Waals surface area contributed by atoms with Crippen molar-refractivity contribution < 1.29 is 9.47 Å². The summed E-state index contributed by atoms with van der Waals surface area (Å²) in [6.07, 6.45) is 12.8. The van der Waals surface area contributed by atoms with E-state index in [1.54, 1.807) is 0 Å². The van der Waals surface area contributed by atoms with Gasteiger partial charge in [0.15, 0.2) is 5.79 Å². The molecule has 1 rings (SSSR count). The highest BCUT2D eigenvalue weighted by molar-refractivity contribution is 4.81. The van der Waals surface area contributed by atoms with Gasteiger partial charge in [0, 0.05) is 12.8 Å². The topological polar surface area (TPSA) is 18.5 Å². The lowest BCUT2D eigenvalue weighted by Gasteiger charge is -2.29. The molecule has 1 saturated heterocycles. The maximum Gasteiger partial charge on any atom is 0.168 e. The molecule has 1 heterocycles. The molecular formula is C18H36O2. The first-order valence-corrected chi connectivity index (χ1v) is 8.95. The molecule has 0 N–H and O–H groups in total. The third-order valence-corrected chi connectivity index (χ3v) is 4.44. The molecular weight excluding hydrogens is 248 g/mol. The molecule has 0 bridgehead atoms. The monoisotopic (exact) mass is 284 g/mol. The summed E-state index contributed by atoms with van der Waals surface area (Å²) in [7, 11) is 0. The van der Waals surface area contributed by atoms with Crippen molar-refractivity contribution in [1.82, 2.24) is 0 Å². The van der Waals surface area contributed by atoms with Gasteiger partial charge in [-0.05, 0) is 18.8 Å². The minimum Gasteiger partial charge on any atom is -0.347 e. The van der Waals surface area contributed by atoms with Crippen molar-refractivity contribution in [2.24, 2.45) is 5.92 Å². The number of ether oxygens (including phenoxy) is 2. The smallest absolute Gasteiger partial charge is 0.168 e. The third-order valence-electron chi connectivity index (χ3n) is 4.44. The largest absolute Gasteiger partial charge is 0.347 e. The zero-order valence-corrected chi connectivity index (χ0v) is 14.2. The fraction of sp³-hybridized carbons (Fsp3) is 1.00. The van der Waals surface area contributed by atoms with Crippen LogP contribution in [0, 0.1) is 5.92 Å². The van der Waals surface area contributed by atoms with Crippen molar-refractivity contribution in [2.45, 2.75) is 104 Å². The second-order valence-electron chi connectivity index (χ2n) is 6.74. The minimum absolute atomic E-state index is 0.254. The minimum atomic E-state index is -0.254. The van der Waals surface area contributed by atoms with Crippen LogP contribution in [0.25, 0.3) is 0 Å².